The van der Waals surface area contributed by atoms with Crippen molar-refractivity contribution >= 4 is 23.3 Å². The van der Waals surface area contributed by atoms with Crippen LogP contribution in [0.25, 0.3) is 0 Å². The largest absolute Gasteiger partial charge is 0.362 e. The highest BCUT2D eigenvalue weighted by molar-refractivity contribution is 5.94. The van der Waals surface area contributed by atoms with Crippen LogP contribution in [-0.4, -0.2) is 16.9 Å². The van der Waals surface area contributed by atoms with Gasteiger partial charge in [-0.2, -0.15) is 0 Å². The van der Waals surface area contributed by atoms with E-state index in [4.69, 9.17) is 4.84 Å². The number of azo groups is 1. The molecule has 1 N–H and O–H groups in total. The topological polar surface area (TPSA) is 93.0 Å². The maximum Gasteiger partial charge on any atom is 0.362 e. The Labute approximate surface area is 155 Å². The highest BCUT2D eigenvalue weighted by Crippen LogP contribution is 2.17. The highest BCUT2D eigenvalue weighted by Gasteiger charge is 2.07. The molecular weight excluding hydrogens is 344 g/mol. The summed E-state index contributed by atoms with van der Waals surface area (Å²) < 4.78 is 0. The molecule has 27 heavy (non-hydrogen) atoms. The Balaban J connectivity index is 1.55. The van der Waals surface area contributed by atoms with Gasteiger partial charge in [0.1, 0.15) is 0 Å². The Morgan fingerprint density at radius 2 is 1.56 bits per heavy atom. The third kappa shape index (κ3) is 5.05. The van der Waals surface area contributed by atoms with Gasteiger partial charge < -0.3 is 4.84 Å². The molecule has 0 saturated heterocycles. The van der Waals surface area contributed by atoms with Gasteiger partial charge in [0.25, 0.3) is 5.91 Å². The number of carbonyl (C=O) groups is 2. The summed E-state index contributed by atoms with van der Waals surface area (Å²) >= 11 is 0. The van der Waals surface area contributed by atoms with Crippen molar-refractivity contribution in [1.82, 2.24) is 4.98 Å². The number of benzene rings is 2. The van der Waals surface area contributed by atoms with Crippen LogP contribution in [0.3, 0.4) is 0 Å². The number of nitrogens with one attached hydrogen (secondary N) is 1. The molecule has 0 aliphatic heterocycles. The van der Waals surface area contributed by atoms with Gasteiger partial charge in [-0.25, -0.2) is 10.3 Å². The molecule has 1 heterocycles. The lowest BCUT2D eigenvalue weighted by Gasteiger charge is -2.07. The van der Waals surface area contributed by atoms with E-state index in [1.165, 1.54) is 12.4 Å². The van der Waals surface area contributed by atoms with E-state index < -0.39 is 11.9 Å². The Morgan fingerprint density at radius 1 is 0.889 bits per heavy atom. The lowest BCUT2D eigenvalue weighted by Crippen LogP contribution is -2.10. The smallest absolute Gasteiger partial charge is 0.338 e. The molecule has 7 nitrogen and oxygen atoms in total. The number of aromatic nitrogens is 1. The third-order valence-electron chi connectivity index (χ3n) is 3.60. The van der Waals surface area contributed by atoms with Crippen LogP contribution < -0.4 is 5.48 Å². The number of pyridine rings is 1. The summed E-state index contributed by atoms with van der Waals surface area (Å²) in [5.41, 5.74) is 5.56. The quantitative estimate of drug-likeness (QED) is 0.534. The van der Waals surface area contributed by atoms with Gasteiger partial charge in [-0.3, -0.25) is 9.78 Å². The van der Waals surface area contributed by atoms with Crippen LogP contribution in [0.5, 0.6) is 0 Å². The number of carbonyl (C=O) groups excluding carboxylic acids is 2. The monoisotopic (exact) mass is 360 g/mol. The first-order chi connectivity index (χ1) is 13.1. The van der Waals surface area contributed by atoms with E-state index in [0.717, 1.165) is 5.56 Å². The molecule has 2 aromatic carbocycles. The Morgan fingerprint density at radius 3 is 2.22 bits per heavy atom. The lowest BCUT2D eigenvalue weighted by atomic mass is 10.2. The van der Waals surface area contributed by atoms with Crippen molar-refractivity contribution in [3.63, 3.8) is 0 Å². The number of hydrogen-bond acceptors (Lipinski definition) is 6. The number of amides is 1. The second kappa shape index (κ2) is 8.48. The van der Waals surface area contributed by atoms with Crippen LogP contribution >= 0.6 is 0 Å². The van der Waals surface area contributed by atoms with Crippen molar-refractivity contribution < 1.29 is 14.4 Å². The summed E-state index contributed by atoms with van der Waals surface area (Å²) in [6, 6.07) is 16.8. The first-order valence-electron chi connectivity index (χ1n) is 8.12. The van der Waals surface area contributed by atoms with E-state index in [1.807, 2.05) is 19.1 Å². The van der Waals surface area contributed by atoms with Crippen molar-refractivity contribution in [2.75, 3.05) is 5.48 Å². The van der Waals surface area contributed by atoms with Crippen LogP contribution in [0.2, 0.25) is 0 Å². The number of anilines is 1. The van der Waals surface area contributed by atoms with E-state index in [0.29, 0.717) is 22.5 Å². The predicted octanol–water partition coefficient (Wildman–Crippen LogP) is 4.50. The second-order valence-electron chi connectivity index (χ2n) is 5.65. The predicted molar refractivity (Wildman–Crippen MR) is 99.7 cm³/mol. The first kappa shape index (κ1) is 17.9. The molecule has 3 aromatic rings. The highest BCUT2D eigenvalue weighted by atomic mass is 16.7. The van der Waals surface area contributed by atoms with E-state index in [9.17, 15) is 9.59 Å². The van der Waals surface area contributed by atoms with Gasteiger partial charge in [-0.1, -0.05) is 17.7 Å². The normalized spacial score (nSPS) is 10.6. The molecule has 134 valence electrons. The van der Waals surface area contributed by atoms with Crippen molar-refractivity contribution in [2.24, 2.45) is 10.2 Å². The van der Waals surface area contributed by atoms with Crippen LogP contribution in [0.15, 0.2) is 83.3 Å². The van der Waals surface area contributed by atoms with Gasteiger partial charge in [-0.05, 0) is 55.5 Å². The minimum atomic E-state index is -0.485. The maximum absolute atomic E-state index is 11.9. The lowest BCUT2D eigenvalue weighted by molar-refractivity contribution is 0.0596. The van der Waals surface area contributed by atoms with Crippen LogP contribution in [0.1, 0.15) is 26.3 Å². The van der Waals surface area contributed by atoms with Crippen LogP contribution in [0, 0.1) is 6.92 Å². The molecule has 1 aromatic heterocycles. The molecule has 0 saturated carbocycles. The Hall–Kier alpha value is -3.87. The fourth-order valence-corrected chi connectivity index (χ4v) is 2.11. The average molecular weight is 360 g/mol. The molecule has 0 fully saturated rings. The summed E-state index contributed by atoms with van der Waals surface area (Å²) in [6.07, 6.45) is 3.03. The van der Waals surface area contributed by atoms with Gasteiger partial charge >= 0.3 is 5.97 Å². The molecule has 1 amide bonds. The van der Waals surface area contributed by atoms with Crippen molar-refractivity contribution in [2.45, 2.75) is 6.92 Å². The Bertz CT molecular complexity index is 953. The fourth-order valence-electron chi connectivity index (χ4n) is 2.11. The molecule has 0 radical (unpaired) electrons. The average Bonchev–Trinajstić information content (AvgIpc) is 2.72. The zero-order chi connectivity index (χ0) is 19.1. The first-order valence-corrected chi connectivity index (χ1v) is 8.12. The zero-order valence-electron chi connectivity index (χ0n) is 14.5. The summed E-state index contributed by atoms with van der Waals surface area (Å²) in [7, 11) is 0. The summed E-state index contributed by atoms with van der Waals surface area (Å²) in [5, 5.41) is 7.56. The van der Waals surface area contributed by atoms with Gasteiger partial charge in [0.15, 0.2) is 0 Å². The molecule has 7 heteroatoms. The second-order valence-corrected chi connectivity index (χ2v) is 5.65. The molecule has 3 rings (SSSR count). The minimum absolute atomic E-state index is 0.412. The fraction of sp³-hybridized carbons (Fsp3) is 0.0500. The Kier molecular flexibility index (Phi) is 5.64. The SMILES string of the molecule is Cc1ccc(C(=O)ONc2ccc(N=NC(=O)c3ccncc3)cc2)cc1. The van der Waals surface area contributed by atoms with Crippen molar-refractivity contribution in [1.29, 1.82) is 0 Å². The molecule has 0 unspecified atom stereocenters. The molecule has 0 aliphatic rings. The van der Waals surface area contributed by atoms with Crippen molar-refractivity contribution in [3.05, 3.63) is 89.7 Å². The van der Waals surface area contributed by atoms with E-state index in [2.05, 4.69) is 20.7 Å². The standard InChI is InChI=1S/C20H16N4O3/c1-14-2-4-16(5-3-14)20(26)27-24-18-8-6-17(7-9-18)22-23-19(25)15-10-12-21-13-11-15/h2-13,24H,1H3. The van der Waals surface area contributed by atoms with Crippen LogP contribution in [-0.2, 0) is 4.84 Å². The molecule has 0 spiro atoms. The zero-order valence-corrected chi connectivity index (χ0v) is 14.5. The van der Waals surface area contributed by atoms with Gasteiger partial charge in [0, 0.05) is 18.0 Å². The summed E-state index contributed by atoms with van der Waals surface area (Å²) in [5.74, 6) is -0.937. The number of rotatable bonds is 5. The van der Waals surface area contributed by atoms with E-state index in [-0.39, 0.29) is 0 Å². The third-order valence-corrected chi connectivity index (χ3v) is 3.60. The summed E-state index contributed by atoms with van der Waals surface area (Å²) in [6.45, 7) is 1.94. The molecule has 0 atom stereocenters. The molecule has 0 aliphatic carbocycles. The number of nitrogens with zero attached hydrogens (tertiary/aromatic N) is 3. The van der Waals surface area contributed by atoms with Gasteiger partial charge in [-0.15, -0.1) is 10.2 Å². The number of aryl methyl sites for hydroxylation is 1. The molecule has 0 bridgehead atoms. The molecular formula is C20H16N4O3. The van der Waals surface area contributed by atoms with Gasteiger partial charge in [0.2, 0.25) is 0 Å². The summed E-state index contributed by atoms with van der Waals surface area (Å²) in [4.78, 5) is 32.7. The van der Waals surface area contributed by atoms with Gasteiger partial charge in [0.05, 0.1) is 16.9 Å². The van der Waals surface area contributed by atoms with Crippen LogP contribution in [0.4, 0.5) is 11.4 Å². The van der Waals surface area contributed by atoms with E-state index in [1.54, 1.807) is 48.5 Å². The van der Waals surface area contributed by atoms with E-state index >= 15 is 0 Å². The minimum Gasteiger partial charge on any atom is -0.338 e. The number of hydrogen-bond donors (Lipinski definition) is 1. The van der Waals surface area contributed by atoms with Crippen molar-refractivity contribution in [3.8, 4) is 0 Å². The maximum atomic E-state index is 11.9.